The van der Waals surface area contributed by atoms with Gasteiger partial charge in [0.25, 0.3) is 5.91 Å². The standard InChI is InChI=1S/C24H25FN2O2S/c1-16(2)18-7-10-21(11-8-18)30-23-12-9-19(14-22(23)25)17(3)26(4)24(28)20-6-5-13-27(29)15-20/h5-17H,1-4H3. The SMILES string of the molecule is CC(C)c1ccc(Sc2ccc(C(C)N(C)C(=O)c3ccc[n+]([O-])c3)cc2F)cc1. The largest absolute Gasteiger partial charge is 0.619 e. The molecule has 2 aromatic carbocycles. The zero-order valence-electron chi connectivity index (χ0n) is 17.5. The molecular weight excluding hydrogens is 399 g/mol. The predicted octanol–water partition coefficient (Wildman–Crippen LogP) is 5.57. The molecule has 0 saturated heterocycles. The first-order valence-corrected chi connectivity index (χ1v) is 10.6. The molecule has 1 amide bonds. The first-order valence-electron chi connectivity index (χ1n) is 9.79. The van der Waals surface area contributed by atoms with Crippen LogP contribution in [0.5, 0.6) is 0 Å². The van der Waals surface area contributed by atoms with Gasteiger partial charge < -0.3 is 10.1 Å². The van der Waals surface area contributed by atoms with E-state index in [1.807, 2.05) is 25.1 Å². The van der Waals surface area contributed by atoms with E-state index in [9.17, 15) is 14.4 Å². The molecule has 4 nitrogen and oxygen atoms in total. The fourth-order valence-electron chi connectivity index (χ4n) is 3.09. The van der Waals surface area contributed by atoms with E-state index in [1.54, 1.807) is 19.2 Å². The summed E-state index contributed by atoms with van der Waals surface area (Å²) in [5, 5.41) is 11.4. The van der Waals surface area contributed by atoms with Gasteiger partial charge in [-0.05, 0) is 54.3 Å². The molecule has 0 aliphatic carbocycles. The van der Waals surface area contributed by atoms with E-state index in [0.29, 0.717) is 26.7 Å². The topological polar surface area (TPSA) is 47.2 Å². The minimum absolute atomic E-state index is 0.291. The van der Waals surface area contributed by atoms with Gasteiger partial charge in [0.1, 0.15) is 11.4 Å². The van der Waals surface area contributed by atoms with Crippen LogP contribution in [0.2, 0.25) is 0 Å². The molecule has 30 heavy (non-hydrogen) atoms. The van der Waals surface area contributed by atoms with Crippen LogP contribution in [0.15, 0.2) is 76.8 Å². The van der Waals surface area contributed by atoms with Gasteiger partial charge in [-0.15, -0.1) is 0 Å². The lowest BCUT2D eigenvalue weighted by Crippen LogP contribution is -2.33. The third-order valence-electron chi connectivity index (χ3n) is 5.14. The molecule has 3 aromatic rings. The number of nitrogens with zero attached hydrogens (tertiary/aromatic N) is 2. The third kappa shape index (κ3) is 5.00. The minimum atomic E-state index is -0.350. The molecule has 6 heteroatoms. The molecule has 0 spiro atoms. The Labute approximate surface area is 180 Å². The Morgan fingerprint density at radius 1 is 1.07 bits per heavy atom. The van der Waals surface area contributed by atoms with Crippen LogP contribution in [-0.4, -0.2) is 17.9 Å². The van der Waals surface area contributed by atoms with Gasteiger partial charge in [0.05, 0.1) is 6.04 Å². The number of aromatic nitrogens is 1. The van der Waals surface area contributed by atoms with Gasteiger partial charge in [-0.25, -0.2) is 4.39 Å². The van der Waals surface area contributed by atoms with Gasteiger partial charge in [-0.2, -0.15) is 4.73 Å². The van der Waals surface area contributed by atoms with Crippen molar-refractivity contribution in [3.63, 3.8) is 0 Å². The maximum Gasteiger partial charge on any atom is 0.260 e. The molecule has 1 aromatic heterocycles. The molecular formula is C24H25FN2O2S. The Balaban J connectivity index is 1.74. The second-order valence-corrected chi connectivity index (χ2v) is 8.68. The van der Waals surface area contributed by atoms with E-state index in [0.717, 1.165) is 4.90 Å². The zero-order chi connectivity index (χ0) is 21.8. The van der Waals surface area contributed by atoms with E-state index in [1.165, 1.54) is 46.8 Å². The first-order chi connectivity index (χ1) is 14.3. The summed E-state index contributed by atoms with van der Waals surface area (Å²) in [7, 11) is 1.64. The molecule has 0 aliphatic heterocycles. The number of hydrogen-bond acceptors (Lipinski definition) is 3. The number of halogens is 1. The highest BCUT2D eigenvalue weighted by Crippen LogP contribution is 2.33. The molecule has 1 atom stereocenters. The second-order valence-electron chi connectivity index (χ2n) is 7.56. The van der Waals surface area contributed by atoms with Crippen LogP contribution in [0.3, 0.4) is 0 Å². The van der Waals surface area contributed by atoms with Crippen LogP contribution < -0.4 is 4.73 Å². The van der Waals surface area contributed by atoms with Crippen LogP contribution >= 0.6 is 11.8 Å². The Hall–Kier alpha value is -2.86. The summed E-state index contributed by atoms with van der Waals surface area (Å²) in [6, 6.07) is 16.0. The molecule has 1 heterocycles. The summed E-state index contributed by atoms with van der Waals surface area (Å²) < 4.78 is 15.4. The van der Waals surface area contributed by atoms with Gasteiger partial charge in [-0.1, -0.05) is 43.8 Å². The Morgan fingerprint density at radius 2 is 1.73 bits per heavy atom. The van der Waals surface area contributed by atoms with Crippen LogP contribution in [0.25, 0.3) is 0 Å². The van der Waals surface area contributed by atoms with Crippen molar-refractivity contribution in [2.24, 2.45) is 0 Å². The lowest BCUT2D eigenvalue weighted by atomic mass is 10.0. The Kier molecular flexibility index (Phi) is 6.77. The van der Waals surface area contributed by atoms with Crippen molar-refractivity contribution in [1.82, 2.24) is 4.90 Å². The number of carbonyl (C=O) groups is 1. The van der Waals surface area contributed by atoms with Crippen LogP contribution in [0.1, 0.15) is 54.2 Å². The molecule has 0 bridgehead atoms. The Morgan fingerprint density at radius 3 is 2.33 bits per heavy atom. The number of carbonyl (C=O) groups excluding carboxylic acids is 1. The highest BCUT2D eigenvalue weighted by molar-refractivity contribution is 7.99. The van der Waals surface area contributed by atoms with Crippen molar-refractivity contribution in [2.45, 2.75) is 42.5 Å². The summed E-state index contributed by atoms with van der Waals surface area (Å²) in [6.45, 7) is 6.11. The number of amides is 1. The lowest BCUT2D eigenvalue weighted by Gasteiger charge is -2.25. The predicted molar refractivity (Wildman–Crippen MR) is 117 cm³/mol. The first kappa shape index (κ1) is 21.8. The van der Waals surface area contributed by atoms with Gasteiger partial charge in [-0.3, -0.25) is 4.79 Å². The smallest absolute Gasteiger partial charge is 0.260 e. The fourth-order valence-corrected chi connectivity index (χ4v) is 3.91. The van der Waals surface area contributed by atoms with Crippen molar-refractivity contribution in [1.29, 1.82) is 0 Å². The van der Waals surface area contributed by atoms with Gasteiger partial charge in [0.15, 0.2) is 12.4 Å². The van der Waals surface area contributed by atoms with Crippen molar-refractivity contribution >= 4 is 17.7 Å². The highest BCUT2D eigenvalue weighted by Gasteiger charge is 2.21. The van der Waals surface area contributed by atoms with Gasteiger partial charge in [0, 0.05) is 22.9 Å². The van der Waals surface area contributed by atoms with Crippen molar-refractivity contribution in [3.8, 4) is 0 Å². The van der Waals surface area contributed by atoms with Gasteiger partial charge in [0.2, 0.25) is 0 Å². The zero-order valence-corrected chi connectivity index (χ0v) is 18.3. The van der Waals surface area contributed by atoms with Crippen molar-refractivity contribution < 1.29 is 13.9 Å². The van der Waals surface area contributed by atoms with Crippen molar-refractivity contribution in [3.05, 3.63) is 94.7 Å². The fraction of sp³-hybridized carbons (Fsp3) is 0.250. The van der Waals surface area contributed by atoms with E-state index >= 15 is 0 Å². The molecule has 0 fully saturated rings. The summed E-state index contributed by atoms with van der Waals surface area (Å²) in [4.78, 5) is 15.7. The average molecular weight is 425 g/mol. The average Bonchev–Trinajstić information content (AvgIpc) is 2.74. The van der Waals surface area contributed by atoms with Crippen LogP contribution in [0, 0.1) is 11.0 Å². The van der Waals surface area contributed by atoms with E-state index < -0.39 is 0 Å². The van der Waals surface area contributed by atoms with E-state index in [4.69, 9.17) is 0 Å². The van der Waals surface area contributed by atoms with Crippen LogP contribution in [-0.2, 0) is 0 Å². The lowest BCUT2D eigenvalue weighted by molar-refractivity contribution is -0.605. The molecule has 3 rings (SSSR count). The number of pyridine rings is 1. The monoisotopic (exact) mass is 424 g/mol. The summed E-state index contributed by atoms with van der Waals surface area (Å²) in [5.74, 6) is -0.164. The summed E-state index contributed by atoms with van der Waals surface area (Å²) in [5.41, 5.74) is 2.23. The molecule has 156 valence electrons. The second kappa shape index (κ2) is 9.30. The van der Waals surface area contributed by atoms with E-state index in [-0.39, 0.29) is 17.8 Å². The summed E-state index contributed by atoms with van der Waals surface area (Å²) in [6.07, 6.45) is 2.55. The molecule has 0 aliphatic rings. The van der Waals surface area contributed by atoms with E-state index in [2.05, 4.69) is 26.0 Å². The van der Waals surface area contributed by atoms with Crippen LogP contribution in [0.4, 0.5) is 4.39 Å². The molecule has 0 saturated carbocycles. The molecule has 0 N–H and O–H groups in total. The normalized spacial score (nSPS) is 12.1. The minimum Gasteiger partial charge on any atom is -0.619 e. The third-order valence-corrected chi connectivity index (χ3v) is 6.20. The summed E-state index contributed by atoms with van der Waals surface area (Å²) >= 11 is 1.38. The highest BCUT2D eigenvalue weighted by atomic mass is 32.2. The quantitative estimate of drug-likeness (QED) is 0.384. The molecule has 0 radical (unpaired) electrons. The molecule has 1 unspecified atom stereocenters. The number of benzene rings is 2. The van der Waals surface area contributed by atoms with Gasteiger partial charge >= 0.3 is 0 Å². The Bertz CT molecular complexity index is 1040. The van der Waals surface area contributed by atoms with Crippen molar-refractivity contribution in [2.75, 3.05) is 7.05 Å². The number of rotatable bonds is 6. The maximum atomic E-state index is 14.8. The maximum absolute atomic E-state index is 14.8. The number of hydrogen-bond donors (Lipinski definition) is 0.